The van der Waals surface area contributed by atoms with Crippen LogP contribution >= 0.6 is 0 Å². The fourth-order valence-corrected chi connectivity index (χ4v) is 2.46. The number of hydrogen-bond acceptors (Lipinski definition) is 3. The number of nitrogens with one attached hydrogen (secondary N) is 1. The van der Waals surface area contributed by atoms with E-state index in [0.717, 1.165) is 6.54 Å². The summed E-state index contributed by atoms with van der Waals surface area (Å²) in [4.78, 5) is 2.52. The Bertz CT molecular complexity index is 223. The number of likely N-dealkylation sites (tertiary alicyclic amines) is 1. The first kappa shape index (κ1) is 14.1. The molecule has 0 aromatic heterocycles. The van der Waals surface area contributed by atoms with Crippen molar-refractivity contribution in [1.29, 1.82) is 0 Å². The van der Waals surface area contributed by atoms with Crippen molar-refractivity contribution in [2.45, 2.75) is 44.4 Å². The molecule has 3 nitrogen and oxygen atoms in total. The summed E-state index contributed by atoms with van der Waals surface area (Å²) in [6.07, 6.45) is 5.57. The van der Waals surface area contributed by atoms with E-state index in [2.05, 4.69) is 24.1 Å². The molecule has 0 saturated carbocycles. The average Bonchev–Trinajstić information content (AvgIpc) is 2.50. The molecule has 0 spiro atoms. The van der Waals surface area contributed by atoms with Crippen LogP contribution in [0, 0.1) is 0 Å². The molecule has 1 saturated heterocycles. The first-order valence-corrected chi connectivity index (χ1v) is 8.03. The van der Waals surface area contributed by atoms with Crippen LogP contribution in [0.3, 0.4) is 0 Å². The standard InChI is InChI=1S/C12H26N2OS/c1-4-14-8-5-6-12(7-9-14)13-10-11(2)16(3)15/h11-13H,4-10H2,1-3H3. The molecular weight excluding hydrogens is 220 g/mol. The van der Waals surface area contributed by atoms with Crippen molar-refractivity contribution in [3.63, 3.8) is 0 Å². The summed E-state index contributed by atoms with van der Waals surface area (Å²) in [5, 5.41) is 3.84. The Balaban J connectivity index is 2.25. The fraction of sp³-hybridized carbons (Fsp3) is 1.00. The van der Waals surface area contributed by atoms with E-state index in [9.17, 15) is 4.21 Å². The minimum atomic E-state index is -0.701. The van der Waals surface area contributed by atoms with Crippen molar-refractivity contribution in [3.05, 3.63) is 0 Å². The molecule has 1 N–H and O–H groups in total. The van der Waals surface area contributed by atoms with Crippen molar-refractivity contribution >= 4 is 10.8 Å². The molecule has 0 aliphatic carbocycles. The molecule has 96 valence electrons. The Morgan fingerprint density at radius 1 is 1.44 bits per heavy atom. The summed E-state index contributed by atoms with van der Waals surface area (Å²) >= 11 is 0. The van der Waals surface area contributed by atoms with Gasteiger partial charge in [0.15, 0.2) is 0 Å². The SMILES string of the molecule is CCN1CCCC(NCC(C)S(C)=O)CC1. The summed E-state index contributed by atoms with van der Waals surface area (Å²) in [6, 6.07) is 0.627. The highest BCUT2D eigenvalue weighted by Crippen LogP contribution is 2.10. The molecule has 1 fully saturated rings. The third kappa shape index (κ3) is 4.93. The lowest BCUT2D eigenvalue weighted by Crippen LogP contribution is -2.36. The highest BCUT2D eigenvalue weighted by Gasteiger charge is 2.16. The van der Waals surface area contributed by atoms with Gasteiger partial charge in [-0.05, 0) is 45.8 Å². The Kier molecular flexibility index (Phi) is 6.54. The Hall–Kier alpha value is 0.0700. The van der Waals surface area contributed by atoms with Gasteiger partial charge in [-0.25, -0.2) is 0 Å². The molecule has 4 heteroatoms. The maximum atomic E-state index is 11.2. The van der Waals surface area contributed by atoms with E-state index < -0.39 is 10.8 Å². The largest absolute Gasteiger partial charge is 0.313 e. The summed E-state index contributed by atoms with van der Waals surface area (Å²) in [7, 11) is -0.701. The highest BCUT2D eigenvalue weighted by atomic mass is 32.2. The Morgan fingerprint density at radius 2 is 2.19 bits per heavy atom. The number of nitrogens with zero attached hydrogens (tertiary/aromatic N) is 1. The second kappa shape index (κ2) is 7.41. The number of hydrogen-bond donors (Lipinski definition) is 1. The van der Waals surface area contributed by atoms with E-state index in [1.807, 2.05) is 0 Å². The molecule has 1 rings (SSSR count). The van der Waals surface area contributed by atoms with Gasteiger partial charge in [0.25, 0.3) is 0 Å². The van der Waals surface area contributed by atoms with Crippen LogP contribution in [0.4, 0.5) is 0 Å². The molecule has 1 heterocycles. The van der Waals surface area contributed by atoms with Gasteiger partial charge in [0.05, 0.1) is 0 Å². The summed E-state index contributed by atoms with van der Waals surface area (Å²) in [5.74, 6) is 0. The van der Waals surface area contributed by atoms with E-state index in [-0.39, 0.29) is 5.25 Å². The van der Waals surface area contributed by atoms with Gasteiger partial charge in [-0.1, -0.05) is 6.92 Å². The number of rotatable bonds is 5. The normalized spacial score (nSPS) is 27.3. The van der Waals surface area contributed by atoms with Gasteiger partial charge in [0.1, 0.15) is 0 Å². The lowest BCUT2D eigenvalue weighted by molar-refractivity contribution is 0.297. The molecule has 0 aromatic rings. The van der Waals surface area contributed by atoms with E-state index in [1.165, 1.54) is 38.9 Å². The predicted octanol–water partition coefficient (Wildman–Crippen LogP) is 1.22. The van der Waals surface area contributed by atoms with Crippen LogP contribution in [0.25, 0.3) is 0 Å². The van der Waals surface area contributed by atoms with E-state index >= 15 is 0 Å². The van der Waals surface area contributed by atoms with Crippen LogP contribution in [-0.2, 0) is 10.8 Å². The minimum Gasteiger partial charge on any atom is -0.313 e. The van der Waals surface area contributed by atoms with Crippen LogP contribution in [0.15, 0.2) is 0 Å². The molecule has 0 amide bonds. The molecule has 3 unspecified atom stereocenters. The van der Waals surface area contributed by atoms with Crippen LogP contribution in [0.5, 0.6) is 0 Å². The van der Waals surface area contributed by atoms with Crippen LogP contribution < -0.4 is 5.32 Å². The summed E-state index contributed by atoms with van der Waals surface area (Å²) < 4.78 is 11.2. The molecular formula is C12H26N2OS. The lowest BCUT2D eigenvalue weighted by atomic mass is 10.1. The molecule has 0 radical (unpaired) electrons. The highest BCUT2D eigenvalue weighted by molar-refractivity contribution is 7.84. The minimum absolute atomic E-state index is 0.269. The fourth-order valence-electron chi connectivity index (χ4n) is 2.13. The van der Waals surface area contributed by atoms with Gasteiger partial charge in [-0.2, -0.15) is 0 Å². The van der Waals surface area contributed by atoms with Crippen LogP contribution in [-0.4, -0.2) is 52.8 Å². The van der Waals surface area contributed by atoms with Crippen molar-refractivity contribution in [3.8, 4) is 0 Å². The molecule has 16 heavy (non-hydrogen) atoms. The van der Waals surface area contributed by atoms with Gasteiger partial charge < -0.3 is 10.2 Å². The molecule has 1 aliphatic heterocycles. The zero-order valence-corrected chi connectivity index (χ0v) is 11.7. The third-order valence-corrected chi connectivity index (χ3v) is 4.83. The molecule has 1 aliphatic rings. The van der Waals surface area contributed by atoms with E-state index in [4.69, 9.17) is 0 Å². The van der Waals surface area contributed by atoms with Crippen LogP contribution in [0.1, 0.15) is 33.1 Å². The Labute approximate surface area is 102 Å². The Morgan fingerprint density at radius 3 is 2.81 bits per heavy atom. The first-order chi connectivity index (χ1) is 7.63. The second-order valence-corrected chi connectivity index (χ2v) is 6.58. The second-order valence-electron chi connectivity index (χ2n) is 4.78. The van der Waals surface area contributed by atoms with Gasteiger partial charge >= 0.3 is 0 Å². The van der Waals surface area contributed by atoms with Gasteiger partial charge in [-0.3, -0.25) is 4.21 Å². The van der Waals surface area contributed by atoms with Crippen molar-refractivity contribution in [2.24, 2.45) is 0 Å². The summed E-state index contributed by atoms with van der Waals surface area (Å²) in [6.45, 7) is 8.79. The predicted molar refractivity (Wildman–Crippen MR) is 71.3 cm³/mol. The van der Waals surface area contributed by atoms with Gasteiger partial charge in [0.2, 0.25) is 0 Å². The van der Waals surface area contributed by atoms with Gasteiger partial charge in [-0.15, -0.1) is 0 Å². The summed E-state index contributed by atoms with van der Waals surface area (Å²) in [5.41, 5.74) is 0. The quantitative estimate of drug-likeness (QED) is 0.791. The van der Waals surface area contributed by atoms with Gasteiger partial charge in [0, 0.05) is 34.9 Å². The van der Waals surface area contributed by atoms with E-state index in [0.29, 0.717) is 6.04 Å². The molecule has 0 bridgehead atoms. The molecule has 0 aromatic carbocycles. The van der Waals surface area contributed by atoms with E-state index in [1.54, 1.807) is 6.26 Å². The monoisotopic (exact) mass is 246 g/mol. The molecule has 3 atom stereocenters. The third-order valence-electron chi connectivity index (χ3n) is 3.53. The average molecular weight is 246 g/mol. The maximum Gasteiger partial charge on any atom is 0.0441 e. The first-order valence-electron chi connectivity index (χ1n) is 6.41. The maximum absolute atomic E-state index is 11.2. The van der Waals surface area contributed by atoms with Crippen molar-refractivity contribution in [1.82, 2.24) is 10.2 Å². The smallest absolute Gasteiger partial charge is 0.0441 e. The van der Waals surface area contributed by atoms with Crippen LogP contribution in [0.2, 0.25) is 0 Å². The topological polar surface area (TPSA) is 32.3 Å². The van der Waals surface area contributed by atoms with Crippen molar-refractivity contribution in [2.75, 3.05) is 32.4 Å². The van der Waals surface area contributed by atoms with Crippen molar-refractivity contribution < 1.29 is 4.21 Å². The lowest BCUT2D eigenvalue weighted by Gasteiger charge is -2.19. The zero-order valence-electron chi connectivity index (χ0n) is 10.9. The zero-order chi connectivity index (χ0) is 12.0.